The normalized spacial score (nSPS) is 23.1. The SMILES string of the molecule is CCC(C)(C)c1ccc(OC(=O)NCC2(C)CCCC(C)(C)C2)cc1. The molecule has 1 N–H and O–H groups in total. The third-order valence-electron chi connectivity index (χ3n) is 5.93. The van der Waals surface area contributed by atoms with Crippen molar-refractivity contribution in [1.82, 2.24) is 5.32 Å². The van der Waals surface area contributed by atoms with Crippen molar-refractivity contribution in [3.63, 3.8) is 0 Å². The second kappa shape index (κ2) is 7.39. The zero-order valence-corrected chi connectivity index (χ0v) is 16.9. The van der Waals surface area contributed by atoms with Crippen LogP contribution in [0.15, 0.2) is 24.3 Å². The third-order valence-corrected chi connectivity index (χ3v) is 5.93. The van der Waals surface area contributed by atoms with E-state index in [1.54, 1.807) is 0 Å². The van der Waals surface area contributed by atoms with Crippen LogP contribution in [0.25, 0.3) is 0 Å². The number of amides is 1. The van der Waals surface area contributed by atoms with Gasteiger partial charge in [-0.15, -0.1) is 0 Å². The lowest BCUT2D eigenvalue weighted by molar-refractivity contribution is 0.0969. The minimum absolute atomic E-state index is 0.142. The summed E-state index contributed by atoms with van der Waals surface area (Å²) in [6.45, 7) is 14.2. The lowest BCUT2D eigenvalue weighted by atomic mass is 9.64. The summed E-state index contributed by atoms with van der Waals surface area (Å²) >= 11 is 0. The van der Waals surface area contributed by atoms with E-state index in [-0.39, 0.29) is 16.9 Å². The molecule has 0 heterocycles. The molecule has 0 spiro atoms. The van der Waals surface area contributed by atoms with Crippen LogP contribution in [0.3, 0.4) is 0 Å². The standard InChI is InChI=1S/C22H35NO2/c1-7-21(4,5)17-9-11-18(12-10-17)25-19(24)23-16-22(6)14-8-13-20(2,3)15-22/h9-12H,7-8,13-16H2,1-6H3,(H,23,24). The van der Waals surface area contributed by atoms with Crippen LogP contribution in [0.2, 0.25) is 0 Å². The Balaban J connectivity index is 1.88. The molecule has 0 radical (unpaired) electrons. The van der Waals surface area contributed by atoms with E-state index in [0.29, 0.717) is 17.7 Å². The fraction of sp³-hybridized carbons (Fsp3) is 0.682. The van der Waals surface area contributed by atoms with Gasteiger partial charge in [-0.25, -0.2) is 4.79 Å². The van der Waals surface area contributed by atoms with Crippen molar-refractivity contribution < 1.29 is 9.53 Å². The molecule has 1 aromatic carbocycles. The minimum atomic E-state index is -0.355. The molecule has 1 aromatic rings. The van der Waals surface area contributed by atoms with Crippen molar-refractivity contribution in [3.8, 4) is 5.75 Å². The molecule has 0 bridgehead atoms. The molecule has 0 aromatic heterocycles. The molecule has 1 fully saturated rings. The van der Waals surface area contributed by atoms with Gasteiger partial charge in [0.05, 0.1) is 0 Å². The van der Waals surface area contributed by atoms with E-state index >= 15 is 0 Å². The van der Waals surface area contributed by atoms with Gasteiger partial charge in [0, 0.05) is 6.54 Å². The quantitative estimate of drug-likeness (QED) is 0.703. The molecule has 140 valence electrons. The van der Waals surface area contributed by atoms with Crippen LogP contribution >= 0.6 is 0 Å². The van der Waals surface area contributed by atoms with Gasteiger partial charge < -0.3 is 10.1 Å². The molecular weight excluding hydrogens is 310 g/mol. The Morgan fingerprint density at radius 2 is 1.80 bits per heavy atom. The van der Waals surface area contributed by atoms with E-state index in [1.165, 1.54) is 18.4 Å². The van der Waals surface area contributed by atoms with Gasteiger partial charge in [-0.05, 0) is 59.6 Å². The number of hydrogen-bond acceptors (Lipinski definition) is 2. The van der Waals surface area contributed by atoms with Crippen LogP contribution in [0, 0.1) is 10.8 Å². The number of benzene rings is 1. The smallest absolute Gasteiger partial charge is 0.410 e. The Bertz CT molecular complexity index is 589. The van der Waals surface area contributed by atoms with Crippen molar-refractivity contribution in [2.75, 3.05) is 6.54 Å². The van der Waals surface area contributed by atoms with E-state index < -0.39 is 0 Å². The molecule has 3 heteroatoms. The lowest BCUT2D eigenvalue weighted by Gasteiger charge is -2.42. The number of hydrogen-bond donors (Lipinski definition) is 1. The first-order valence-corrected chi connectivity index (χ1v) is 9.62. The van der Waals surface area contributed by atoms with Gasteiger partial charge in [0.2, 0.25) is 0 Å². The Labute approximate surface area is 153 Å². The summed E-state index contributed by atoms with van der Waals surface area (Å²) in [6, 6.07) is 7.88. The second-order valence-electron chi connectivity index (χ2n) is 9.51. The monoisotopic (exact) mass is 345 g/mol. The van der Waals surface area contributed by atoms with Crippen LogP contribution in [0.4, 0.5) is 4.79 Å². The summed E-state index contributed by atoms with van der Waals surface area (Å²) in [4.78, 5) is 12.2. The number of ether oxygens (including phenoxy) is 1. The number of nitrogens with one attached hydrogen (secondary N) is 1. The van der Waals surface area contributed by atoms with Gasteiger partial charge >= 0.3 is 6.09 Å². The number of carbonyl (C=O) groups is 1. The first kappa shape index (κ1) is 19.8. The molecular formula is C22H35NO2. The summed E-state index contributed by atoms with van der Waals surface area (Å²) in [5, 5.41) is 2.97. The van der Waals surface area contributed by atoms with Crippen molar-refractivity contribution >= 4 is 6.09 Å². The summed E-state index contributed by atoms with van der Waals surface area (Å²) in [6.07, 6.45) is 5.52. The molecule has 1 unspecified atom stereocenters. The van der Waals surface area contributed by atoms with Crippen LogP contribution in [0.1, 0.15) is 79.2 Å². The number of carbonyl (C=O) groups excluding carboxylic acids is 1. The highest BCUT2D eigenvalue weighted by Gasteiger charge is 2.36. The van der Waals surface area contributed by atoms with Crippen molar-refractivity contribution in [2.24, 2.45) is 10.8 Å². The molecule has 1 aliphatic rings. The first-order valence-electron chi connectivity index (χ1n) is 9.62. The predicted molar refractivity (Wildman–Crippen MR) is 104 cm³/mol. The van der Waals surface area contributed by atoms with Gasteiger partial charge in [-0.3, -0.25) is 0 Å². The molecule has 3 nitrogen and oxygen atoms in total. The Morgan fingerprint density at radius 1 is 1.16 bits per heavy atom. The Morgan fingerprint density at radius 3 is 2.36 bits per heavy atom. The zero-order chi connectivity index (χ0) is 18.7. The second-order valence-corrected chi connectivity index (χ2v) is 9.51. The van der Waals surface area contributed by atoms with Crippen LogP contribution in [0.5, 0.6) is 5.75 Å². The highest BCUT2D eigenvalue weighted by molar-refractivity contribution is 5.70. The highest BCUT2D eigenvalue weighted by atomic mass is 16.6. The maximum absolute atomic E-state index is 12.2. The van der Waals surface area contributed by atoms with Crippen LogP contribution < -0.4 is 10.1 Å². The fourth-order valence-electron chi connectivity index (χ4n) is 4.08. The minimum Gasteiger partial charge on any atom is -0.410 e. The average molecular weight is 346 g/mol. The zero-order valence-electron chi connectivity index (χ0n) is 16.9. The predicted octanol–water partition coefficient (Wildman–Crippen LogP) is 6.07. The van der Waals surface area contributed by atoms with Gasteiger partial charge in [0.1, 0.15) is 5.75 Å². The van der Waals surface area contributed by atoms with E-state index in [2.05, 4.69) is 59.0 Å². The lowest BCUT2D eigenvalue weighted by Crippen LogP contribution is -2.41. The molecule has 0 saturated heterocycles. The Hall–Kier alpha value is -1.51. The average Bonchev–Trinajstić information content (AvgIpc) is 2.52. The molecule has 1 saturated carbocycles. The summed E-state index contributed by atoms with van der Waals surface area (Å²) in [5.41, 5.74) is 1.93. The summed E-state index contributed by atoms with van der Waals surface area (Å²) in [7, 11) is 0. The molecule has 0 aliphatic heterocycles. The van der Waals surface area contributed by atoms with Crippen molar-refractivity contribution in [3.05, 3.63) is 29.8 Å². The fourth-order valence-corrected chi connectivity index (χ4v) is 4.08. The van der Waals surface area contributed by atoms with Crippen molar-refractivity contribution in [2.45, 2.75) is 79.1 Å². The molecule has 1 amide bonds. The molecule has 2 rings (SSSR count). The van der Waals surface area contributed by atoms with Crippen molar-refractivity contribution in [1.29, 1.82) is 0 Å². The topological polar surface area (TPSA) is 38.3 Å². The molecule has 1 atom stereocenters. The summed E-state index contributed by atoms with van der Waals surface area (Å²) < 4.78 is 5.45. The van der Waals surface area contributed by atoms with E-state index in [1.807, 2.05) is 12.1 Å². The van der Waals surface area contributed by atoms with Gasteiger partial charge in [-0.1, -0.05) is 60.1 Å². The maximum atomic E-state index is 12.2. The first-order chi connectivity index (χ1) is 11.6. The molecule has 25 heavy (non-hydrogen) atoms. The van der Waals surface area contributed by atoms with Crippen LogP contribution in [-0.2, 0) is 5.41 Å². The van der Waals surface area contributed by atoms with E-state index in [0.717, 1.165) is 19.3 Å². The van der Waals surface area contributed by atoms with Gasteiger partial charge in [0.25, 0.3) is 0 Å². The molecule has 1 aliphatic carbocycles. The highest BCUT2D eigenvalue weighted by Crippen LogP contribution is 2.45. The largest absolute Gasteiger partial charge is 0.412 e. The number of rotatable bonds is 5. The van der Waals surface area contributed by atoms with E-state index in [9.17, 15) is 4.79 Å². The third kappa shape index (κ3) is 5.49. The maximum Gasteiger partial charge on any atom is 0.412 e. The van der Waals surface area contributed by atoms with Gasteiger partial charge in [0.15, 0.2) is 0 Å². The Kier molecular flexibility index (Phi) is 5.86. The summed E-state index contributed by atoms with van der Waals surface area (Å²) in [5.74, 6) is 0.599. The van der Waals surface area contributed by atoms with Crippen LogP contribution in [-0.4, -0.2) is 12.6 Å². The van der Waals surface area contributed by atoms with E-state index in [4.69, 9.17) is 4.74 Å². The van der Waals surface area contributed by atoms with Gasteiger partial charge in [-0.2, -0.15) is 0 Å².